The Balaban J connectivity index is 2.12. The summed E-state index contributed by atoms with van der Waals surface area (Å²) in [6.45, 7) is 0.456. The number of anilines is 1. The van der Waals surface area contributed by atoms with Crippen LogP contribution in [0.5, 0.6) is 0 Å². The maximum absolute atomic E-state index is 10.9. The van der Waals surface area contributed by atoms with Crippen LogP contribution in [0, 0.1) is 0 Å². The van der Waals surface area contributed by atoms with Gasteiger partial charge in [0.1, 0.15) is 10.8 Å². The highest BCUT2D eigenvalue weighted by atomic mass is 32.2. The quantitative estimate of drug-likeness (QED) is 0.523. The number of fused-ring (bicyclic) bond motifs is 1. The zero-order chi connectivity index (χ0) is 15.5. The van der Waals surface area contributed by atoms with E-state index in [0.717, 1.165) is 36.9 Å². The van der Waals surface area contributed by atoms with E-state index < -0.39 is 10.0 Å². The van der Waals surface area contributed by atoms with Crippen molar-refractivity contribution in [1.29, 1.82) is 0 Å². The van der Waals surface area contributed by atoms with Crippen molar-refractivity contribution in [2.75, 3.05) is 17.6 Å². The summed E-state index contributed by atoms with van der Waals surface area (Å²) in [5, 5.41) is 8.09. The van der Waals surface area contributed by atoms with Gasteiger partial charge in [-0.2, -0.15) is 0 Å². The number of aromatic nitrogens is 1. The minimum atomic E-state index is -3.43. The number of hydrogen-bond acceptors (Lipinski definition) is 5. The van der Waals surface area contributed by atoms with Crippen LogP contribution in [0.4, 0.5) is 5.82 Å². The summed E-state index contributed by atoms with van der Waals surface area (Å²) in [5.41, 5.74) is 8.77. The van der Waals surface area contributed by atoms with Crippen molar-refractivity contribution in [2.24, 2.45) is 10.9 Å². The van der Waals surface area contributed by atoms with Gasteiger partial charge in [-0.05, 0) is 43.7 Å². The van der Waals surface area contributed by atoms with E-state index in [-0.39, 0.29) is 5.75 Å². The van der Waals surface area contributed by atoms with Gasteiger partial charge in [-0.1, -0.05) is 12.2 Å². The van der Waals surface area contributed by atoms with E-state index in [1.165, 1.54) is 5.56 Å². The lowest BCUT2D eigenvalue weighted by molar-refractivity contribution is 0.595. The molecule has 2 rings (SSSR count). The standard InChI is InChI=1S/C13H20N4O2S2/c14-12(20)10-8-9-4-1-2-5-11(9)17-13(10)16-6-3-7-21(15,18)19/h8H,1-7H2,(H2,14,20)(H,16,17)(H2,15,18,19). The average Bonchev–Trinajstić information content (AvgIpc) is 2.41. The van der Waals surface area contributed by atoms with Crippen molar-refractivity contribution >= 4 is 33.0 Å². The Morgan fingerprint density at radius 2 is 2.10 bits per heavy atom. The summed E-state index contributed by atoms with van der Waals surface area (Å²) in [7, 11) is -3.43. The lowest BCUT2D eigenvalue weighted by atomic mass is 9.94. The lowest BCUT2D eigenvalue weighted by Gasteiger charge is -2.19. The zero-order valence-corrected chi connectivity index (χ0v) is 13.4. The van der Waals surface area contributed by atoms with Crippen LogP contribution in [0.1, 0.15) is 36.1 Å². The van der Waals surface area contributed by atoms with Crippen molar-refractivity contribution < 1.29 is 8.42 Å². The molecule has 5 N–H and O–H groups in total. The van der Waals surface area contributed by atoms with Crippen molar-refractivity contribution in [1.82, 2.24) is 4.98 Å². The van der Waals surface area contributed by atoms with E-state index in [0.29, 0.717) is 23.8 Å². The highest BCUT2D eigenvalue weighted by Gasteiger charge is 2.16. The molecule has 0 aliphatic heterocycles. The van der Waals surface area contributed by atoms with Gasteiger partial charge in [0.2, 0.25) is 10.0 Å². The summed E-state index contributed by atoms with van der Waals surface area (Å²) >= 11 is 5.07. The molecular formula is C13H20N4O2S2. The van der Waals surface area contributed by atoms with E-state index in [1.54, 1.807) is 0 Å². The molecule has 1 aromatic rings. The van der Waals surface area contributed by atoms with Crippen molar-refractivity contribution in [3.63, 3.8) is 0 Å². The first kappa shape index (κ1) is 16.1. The Morgan fingerprint density at radius 3 is 2.76 bits per heavy atom. The molecule has 1 aliphatic carbocycles. The number of hydrogen-bond donors (Lipinski definition) is 3. The third-order valence-corrected chi connectivity index (χ3v) is 4.54. The molecule has 116 valence electrons. The SMILES string of the molecule is NC(=S)c1cc2c(nc1NCCCS(N)(=O)=O)CCCC2. The number of aryl methyl sites for hydroxylation is 2. The van der Waals surface area contributed by atoms with Crippen LogP contribution >= 0.6 is 12.2 Å². The van der Waals surface area contributed by atoms with E-state index in [9.17, 15) is 8.42 Å². The second kappa shape index (κ2) is 6.67. The van der Waals surface area contributed by atoms with Gasteiger partial charge in [0, 0.05) is 12.2 Å². The molecule has 0 aromatic carbocycles. The van der Waals surface area contributed by atoms with Gasteiger partial charge in [0.15, 0.2) is 0 Å². The molecule has 8 heteroatoms. The fourth-order valence-electron chi connectivity index (χ4n) is 2.44. The summed E-state index contributed by atoms with van der Waals surface area (Å²) < 4.78 is 21.8. The molecule has 0 saturated heterocycles. The van der Waals surface area contributed by atoms with Gasteiger partial charge in [-0.15, -0.1) is 0 Å². The second-order valence-electron chi connectivity index (χ2n) is 5.21. The van der Waals surface area contributed by atoms with Crippen LogP contribution in [-0.4, -0.2) is 30.7 Å². The fourth-order valence-corrected chi connectivity index (χ4v) is 3.14. The number of nitrogens with two attached hydrogens (primary N) is 2. The number of nitrogens with zero attached hydrogens (tertiary/aromatic N) is 1. The van der Waals surface area contributed by atoms with Gasteiger partial charge < -0.3 is 11.1 Å². The van der Waals surface area contributed by atoms with Gasteiger partial charge in [-0.3, -0.25) is 0 Å². The molecule has 0 bridgehead atoms. The minimum Gasteiger partial charge on any atom is -0.389 e. The molecule has 1 aromatic heterocycles. The van der Waals surface area contributed by atoms with Crippen molar-refractivity contribution in [3.05, 3.63) is 22.9 Å². The zero-order valence-electron chi connectivity index (χ0n) is 11.8. The van der Waals surface area contributed by atoms with Crippen molar-refractivity contribution in [2.45, 2.75) is 32.1 Å². The first-order valence-corrected chi connectivity index (χ1v) is 9.06. The topological polar surface area (TPSA) is 111 Å². The Kier molecular flexibility index (Phi) is 5.13. The van der Waals surface area contributed by atoms with E-state index in [1.807, 2.05) is 6.07 Å². The first-order valence-electron chi connectivity index (χ1n) is 6.94. The van der Waals surface area contributed by atoms with E-state index >= 15 is 0 Å². The summed E-state index contributed by atoms with van der Waals surface area (Å²) in [5.74, 6) is 0.574. The molecule has 0 saturated carbocycles. The molecule has 0 spiro atoms. The largest absolute Gasteiger partial charge is 0.389 e. The predicted molar refractivity (Wildman–Crippen MR) is 87.8 cm³/mol. The Bertz CT molecular complexity index is 644. The number of primary sulfonamides is 1. The summed E-state index contributed by atoms with van der Waals surface area (Å²) in [4.78, 5) is 4.91. The maximum atomic E-state index is 10.9. The molecule has 1 heterocycles. The van der Waals surface area contributed by atoms with Gasteiger partial charge in [0.05, 0.1) is 11.3 Å². The molecular weight excluding hydrogens is 308 g/mol. The van der Waals surface area contributed by atoms with E-state index in [2.05, 4.69) is 10.3 Å². The maximum Gasteiger partial charge on any atom is 0.209 e. The first-order chi connectivity index (χ1) is 9.87. The Labute approximate surface area is 130 Å². The van der Waals surface area contributed by atoms with E-state index in [4.69, 9.17) is 23.1 Å². The summed E-state index contributed by atoms with van der Waals surface area (Å²) in [6.07, 6.45) is 4.67. The van der Waals surface area contributed by atoms with Crippen LogP contribution in [0.3, 0.4) is 0 Å². The molecule has 6 nitrogen and oxygen atoms in total. The predicted octanol–water partition coefficient (Wildman–Crippen LogP) is 0.685. The van der Waals surface area contributed by atoms with Gasteiger partial charge in [0.25, 0.3) is 0 Å². The molecule has 0 unspecified atom stereocenters. The molecule has 1 aliphatic rings. The number of pyridine rings is 1. The fraction of sp³-hybridized carbons (Fsp3) is 0.538. The van der Waals surface area contributed by atoms with Crippen LogP contribution < -0.4 is 16.2 Å². The van der Waals surface area contributed by atoms with Gasteiger partial charge >= 0.3 is 0 Å². The molecule has 0 radical (unpaired) electrons. The highest BCUT2D eigenvalue weighted by molar-refractivity contribution is 7.89. The normalized spacial score (nSPS) is 14.5. The van der Waals surface area contributed by atoms with Crippen molar-refractivity contribution in [3.8, 4) is 0 Å². The number of nitrogens with one attached hydrogen (secondary N) is 1. The minimum absolute atomic E-state index is 0.0622. The second-order valence-corrected chi connectivity index (χ2v) is 7.38. The Morgan fingerprint density at radius 1 is 1.38 bits per heavy atom. The van der Waals surface area contributed by atoms with Gasteiger partial charge in [-0.25, -0.2) is 18.5 Å². The van der Waals surface area contributed by atoms with Crippen LogP contribution in [0.15, 0.2) is 6.07 Å². The van der Waals surface area contributed by atoms with Crippen LogP contribution in [0.2, 0.25) is 0 Å². The number of sulfonamides is 1. The Hall–Kier alpha value is -1.25. The third kappa shape index (κ3) is 4.62. The molecule has 0 atom stereocenters. The molecule has 21 heavy (non-hydrogen) atoms. The molecule has 0 fully saturated rings. The third-order valence-electron chi connectivity index (χ3n) is 3.46. The molecule has 0 amide bonds. The average molecular weight is 328 g/mol. The highest BCUT2D eigenvalue weighted by Crippen LogP contribution is 2.24. The summed E-state index contributed by atoms with van der Waals surface area (Å²) in [6, 6.07) is 2.01. The number of thiocarbonyl (C=S) groups is 1. The monoisotopic (exact) mass is 328 g/mol. The smallest absolute Gasteiger partial charge is 0.209 e. The number of rotatable bonds is 6. The van der Waals surface area contributed by atoms with Crippen LogP contribution in [0.25, 0.3) is 0 Å². The lowest BCUT2D eigenvalue weighted by Crippen LogP contribution is -2.21. The van der Waals surface area contributed by atoms with Crippen LogP contribution in [-0.2, 0) is 22.9 Å².